The molecule has 0 aliphatic carbocycles. The molecule has 2 unspecified atom stereocenters. The zero-order chi connectivity index (χ0) is 24.3. The molecule has 0 amide bonds. The van der Waals surface area contributed by atoms with Gasteiger partial charge < -0.3 is 19.0 Å². The normalized spacial score (nSPS) is 14.2. The van der Waals surface area contributed by atoms with Crippen LogP contribution in [0, 0.1) is 11.8 Å². The van der Waals surface area contributed by atoms with E-state index in [0.29, 0.717) is 11.8 Å². The predicted octanol–water partition coefficient (Wildman–Crippen LogP) is 8.54. The molecule has 0 saturated carbocycles. The van der Waals surface area contributed by atoms with Crippen molar-refractivity contribution in [1.82, 2.24) is 0 Å². The van der Waals surface area contributed by atoms with Crippen molar-refractivity contribution in [3.8, 4) is 0 Å². The second-order valence-corrected chi connectivity index (χ2v) is 13.7. The van der Waals surface area contributed by atoms with Gasteiger partial charge in [0.25, 0.3) is 0 Å². The quantitative estimate of drug-likeness (QED) is 0.111. The Morgan fingerprint density at radius 3 is 1.39 bits per heavy atom. The van der Waals surface area contributed by atoms with Crippen LogP contribution in [0.3, 0.4) is 0 Å². The van der Waals surface area contributed by atoms with E-state index in [1.807, 2.05) is 0 Å². The Hall–Kier alpha value is 0.347. The Labute approximate surface area is 215 Å². The van der Waals surface area contributed by atoms with Crippen molar-refractivity contribution in [2.75, 3.05) is 21.3 Å². The third-order valence-electron chi connectivity index (χ3n) is 7.18. The van der Waals surface area contributed by atoms with E-state index in [0.717, 1.165) is 12.5 Å². The monoisotopic (exact) mass is 509 g/mol. The molecular weight excluding hydrogens is 450 g/mol. The van der Waals surface area contributed by atoms with Gasteiger partial charge in [0.2, 0.25) is 0 Å². The number of halogens is 1. The van der Waals surface area contributed by atoms with Crippen LogP contribution in [0.1, 0.15) is 130 Å². The molecule has 0 aromatic carbocycles. The minimum Gasteiger partial charge on any atom is -0.377 e. The van der Waals surface area contributed by atoms with Crippen LogP contribution in [0.2, 0.25) is 6.04 Å². The van der Waals surface area contributed by atoms with Gasteiger partial charge in [-0.1, -0.05) is 104 Å². The van der Waals surface area contributed by atoms with Crippen molar-refractivity contribution in [2.24, 2.45) is 17.6 Å². The Kier molecular flexibility index (Phi) is 23.3. The minimum atomic E-state index is -2.52. The first-order chi connectivity index (χ1) is 15.2. The first-order valence-corrected chi connectivity index (χ1v) is 15.6. The fraction of sp³-hybridized carbons (Fsp3) is 1.00. The molecule has 0 aromatic rings. The Bertz CT molecular complexity index is 408. The Morgan fingerprint density at radius 1 is 0.697 bits per heavy atom. The second-order valence-electron chi connectivity index (χ2n) is 10.7. The van der Waals surface area contributed by atoms with Crippen LogP contribution in [0.25, 0.3) is 0 Å². The van der Waals surface area contributed by atoms with E-state index < -0.39 is 8.80 Å². The zero-order valence-electron chi connectivity index (χ0n) is 23.4. The molecule has 0 rings (SSSR count). The molecule has 0 aliphatic rings. The van der Waals surface area contributed by atoms with Gasteiger partial charge in [-0.2, -0.15) is 0 Å². The summed E-state index contributed by atoms with van der Waals surface area (Å²) in [5.41, 5.74) is 6.41. The smallest absolute Gasteiger partial charge is 0.377 e. The number of unbranched alkanes of at least 4 members (excludes halogenated alkanes) is 13. The summed E-state index contributed by atoms with van der Waals surface area (Å²) < 4.78 is 16.9. The predicted molar refractivity (Wildman–Crippen MR) is 149 cm³/mol. The summed E-state index contributed by atoms with van der Waals surface area (Å²) in [5, 5.41) is 0. The molecule has 0 aliphatic heterocycles. The molecule has 202 valence electrons. The van der Waals surface area contributed by atoms with E-state index >= 15 is 0 Å². The van der Waals surface area contributed by atoms with Crippen LogP contribution in [0.5, 0.6) is 0 Å². The Balaban J connectivity index is 0. The number of hydrogen-bond donors (Lipinski definition) is 1. The first-order valence-electron chi connectivity index (χ1n) is 13.7. The standard InChI is InChI=1S/C27H59NO3Si.ClH/c1-8-9-10-11-12-13-14-15-16-17-18-19-20-21-22-26(27(3,4)28)23-25(2)24-32(29-5,30-6)31-7;/h25-26H,8-24,28H2,1-7H3;1H. The molecule has 6 heteroatoms. The lowest BCUT2D eigenvalue weighted by Crippen LogP contribution is -2.46. The topological polar surface area (TPSA) is 53.7 Å². The molecule has 33 heavy (non-hydrogen) atoms. The largest absolute Gasteiger partial charge is 0.500 e. The van der Waals surface area contributed by atoms with Crippen molar-refractivity contribution < 1.29 is 13.3 Å². The van der Waals surface area contributed by atoms with Gasteiger partial charge >= 0.3 is 8.80 Å². The maximum Gasteiger partial charge on any atom is 0.500 e. The fourth-order valence-electron chi connectivity index (χ4n) is 4.87. The van der Waals surface area contributed by atoms with Gasteiger partial charge in [-0.3, -0.25) is 0 Å². The van der Waals surface area contributed by atoms with Crippen molar-refractivity contribution in [1.29, 1.82) is 0 Å². The summed E-state index contributed by atoms with van der Waals surface area (Å²) in [7, 11) is 2.58. The Morgan fingerprint density at radius 2 is 1.06 bits per heavy atom. The lowest BCUT2D eigenvalue weighted by atomic mass is 9.79. The maximum absolute atomic E-state index is 6.56. The summed E-state index contributed by atoms with van der Waals surface area (Å²) in [6.45, 7) is 8.93. The second kappa shape index (κ2) is 21.6. The summed E-state index contributed by atoms with van der Waals surface area (Å²) in [4.78, 5) is 0. The summed E-state index contributed by atoms with van der Waals surface area (Å²) >= 11 is 0. The molecule has 0 heterocycles. The van der Waals surface area contributed by atoms with Gasteiger partial charge in [0.1, 0.15) is 0 Å². The summed E-state index contributed by atoms with van der Waals surface area (Å²) in [6.07, 6.45) is 22.0. The van der Waals surface area contributed by atoms with Crippen LogP contribution in [0.4, 0.5) is 0 Å². The van der Waals surface area contributed by atoms with E-state index in [2.05, 4.69) is 27.7 Å². The average molecular weight is 510 g/mol. The van der Waals surface area contributed by atoms with Crippen molar-refractivity contribution in [2.45, 2.75) is 142 Å². The maximum atomic E-state index is 6.56. The van der Waals surface area contributed by atoms with E-state index in [1.54, 1.807) is 21.3 Å². The van der Waals surface area contributed by atoms with Gasteiger partial charge in [0.05, 0.1) is 0 Å². The summed E-state index contributed by atoms with van der Waals surface area (Å²) in [5.74, 6) is 0.994. The number of hydrogen-bond acceptors (Lipinski definition) is 4. The van der Waals surface area contributed by atoms with E-state index in [4.69, 9.17) is 19.0 Å². The van der Waals surface area contributed by atoms with Gasteiger partial charge in [-0.15, -0.1) is 12.4 Å². The molecular formula is C27H60ClNO3Si. The highest BCUT2D eigenvalue weighted by atomic mass is 35.5. The average Bonchev–Trinajstić information content (AvgIpc) is 2.76. The van der Waals surface area contributed by atoms with E-state index in [-0.39, 0.29) is 17.9 Å². The number of nitrogens with two attached hydrogens (primary N) is 1. The third-order valence-corrected chi connectivity index (χ3v) is 10.2. The molecule has 0 bridgehead atoms. The van der Waals surface area contributed by atoms with Crippen LogP contribution >= 0.6 is 12.4 Å². The molecule has 0 spiro atoms. The van der Waals surface area contributed by atoms with Crippen LogP contribution in [-0.2, 0) is 13.3 Å². The van der Waals surface area contributed by atoms with Gasteiger partial charge in [0, 0.05) is 32.9 Å². The van der Waals surface area contributed by atoms with Crippen molar-refractivity contribution in [3.63, 3.8) is 0 Å². The van der Waals surface area contributed by atoms with Gasteiger partial charge in [0.15, 0.2) is 0 Å². The molecule has 2 N–H and O–H groups in total. The van der Waals surface area contributed by atoms with Crippen molar-refractivity contribution in [3.05, 3.63) is 0 Å². The molecule has 0 saturated heterocycles. The third kappa shape index (κ3) is 18.3. The van der Waals surface area contributed by atoms with Crippen LogP contribution < -0.4 is 5.73 Å². The van der Waals surface area contributed by atoms with Crippen molar-refractivity contribution >= 4 is 21.2 Å². The molecule has 2 atom stereocenters. The molecule has 4 nitrogen and oxygen atoms in total. The minimum absolute atomic E-state index is 0. The highest BCUT2D eigenvalue weighted by Gasteiger charge is 2.40. The lowest BCUT2D eigenvalue weighted by Gasteiger charge is -2.34. The lowest BCUT2D eigenvalue weighted by molar-refractivity contribution is 0.115. The van der Waals surface area contributed by atoms with Crippen LogP contribution in [-0.4, -0.2) is 35.7 Å². The summed E-state index contributed by atoms with van der Waals surface area (Å²) in [6, 6.07) is 0.849. The van der Waals surface area contributed by atoms with E-state index in [1.165, 1.54) is 96.3 Å². The van der Waals surface area contributed by atoms with Crippen LogP contribution in [0.15, 0.2) is 0 Å². The highest BCUT2D eigenvalue weighted by molar-refractivity contribution is 6.60. The fourth-order valence-corrected chi connectivity index (χ4v) is 6.89. The highest BCUT2D eigenvalue weighted by Crippen LogP contribution is 2.32. The number of rotatable bonds is 23. The van der Waals surface area contributed by atoms with Gasteiger partial charge in [-0.05, 0) is 38.5 Å². The zero-order valence-corrected chi connectivity index (χ0v) is 25.2. The van der Waals surface area contributed by atoms with E-state index in [9.17, 15) is 0 Å². The SMILES string of the molecule is CCCCCCCCCCCCCCCCC(CC(C)C[Si](OC)(OC)OC)C(C)(C)N.Cl. The van der Waals surface area contributed by atoms with Gasteiger partial charge in [-0.25, -0.2) is 0 Å². The molecule has 0 aromatic heterocycles. The first kappa shape index (κ1) is 35.5. The molecule has 0 radical (unpaired) electrons. The molecule has 0 fully saturated rings.